The number of nitrogens with zero attached hydrogens (tertiary/aromatic N) is 1. The number of nitrogens with one attached hydrogen (secondary N) is 2. The molecule has 0 saturated heterocycles. The second-order valence-corrected chi connectivity index (χ2v) is 4.66. The molecule has 2 aromatic rings. The van der Waals surface area contributed by atoms with Gasteiger partial charge in [-0.25, -0.2) is 5.32 Å². The summed E-state index contributed by atoms with van der Waals surface area (Å²) in [6.45, 7) is 0.667. The molecule has 2 N–H and O–H groups in total. The fraction of sp³-hybridized carbons (Fsp3) is 0.0667. The molecule has 19 heavy (non-hydrogen) atoms. The van der Waals surface area contributed by atoms with E-state index in [1.807, 2.05) is 53.4 Å². The minimum Gasteiger partial charge on any atom is -0.262 e. The minimum absolute atomic E-state index is 0.667. The maximum atomic E-state index is 5.44. The van der Waals surface area contributed by atoms with E-state index in [0.717, 1.165) is 17.1 Å². The van der Waals surface area contributed by atoms with Crippen molar-refractivity contribution >= 4 is 28.9 Å². The normalized spacial score (nSPS) is 14.8. The van der Waals surface area contributed by atoms with Crippen molar-refractivity contribution in [1.82, 2.24) is 5.32 Å². The van der Waals surface area contributed by atoms with Gasteiger partial charge in [0.2, 0.25) is 0 Å². The highest BCUT2D eigenvalue weighted by Gasteiger charge is 2.24. The van der Waals surface area contributed by atoms with E-state index in [0.29, 0.717) is 11.8 Å². The quantitative estimate of drug-likeness (QED) is 0.792. The molecule has 0 aromatic heterocycles. The SMILES string of the molecule is S=C1NC(c2ccccc2)=[NH+]CN1c1ccccc1. The molecule has 1 aliphatic heterocycles. The average molecular weight is 268 g/mol. The van der Waals surface area contributed by atoms with Crippen LogP contribution in [0.15, 0.2) is 60.7 Å². The predicted molar refractivity (Wildman–Crippen MR) is 81.0 cm³/mol. The zero-order valence-electron chi connectivity index (χ0n) is 10.3. The van der Waals surface area contributed by atoms with Crippen molar-refractivity contribution in [3.8, 4) is 0 Å². The van der Waals surface area contributed by atoms with Crippen LogP contribution in [0.5, 0.6) is 0 Å². The number of thiocarbonyl (C=S) groups is 1. The lowest BCUT2D eigenvalue weighted by atomic mass is 10.2. The Morgan fingerprint density at radius 2 is 1.58 bits per heavy atom. The monoisotopic (exact) mass is 268 g/mol. The van der Waals surface area contributed by atoms with Gasteiger partial charge in [-0.15, -0.1) is 0 Å². The van der Waals surface area contributed by atoms with Gasteiger partial charge in [-0.3, -0.25) is 9.89 Å². The molecule has 0 radical (unpaired) electrons. The smallest absolute Gasteiger partial charge is 0.262 e. The largest absolute Gasteiger partial charge is 0.283 e. The van der Waals surface area contributed by atoms with E-state index >= 15 is 0 Å². The minimum atomic E-state index is 0.667. The zero-order chi connectivity index (χ0) is 13.1. The van der Waals surface area contributed by atoms with Gasteiger partial charge < -0.3 is 0 Å². The Balaban J connectivity index is 1.85. The third-order valence-corrected chi connectivity index (χ3v) is 3.34. The Morgan fingerprint density at radius 3 is 2.21 bits per heavy atom. The molecule has 1 aliphatic rings. The highest BCUT2D eigenvalue weighted by Crippen LogP contribution is 2.12. The molecule has 0 amide bonds. The van der Waals surface area contributed by atoms with Crippen LogP contribution in [0.2, 0.25) is 0 Å². The lowest BCUT2D eigenvalue weighted by molar-refractivity contribution is -0.457. The third kappa shape index (κ3) is 2.48. The van der Waals surface area contributed by atoms with Crippen molar-refractivity contribution in [1.29, 1.82) is 0 Å². The van der Waals surface area contributed by atoms with Crippen LogP contribution in [0.1, 0.15) is 5.56 Å². The molecule has 1 heterocycles. The molecule has 94 valence electrons. The maximum Gasteiger partial charge on any atom is 0.283 e. The summed E-state index contributed by atoms with van der Waals surface area (Å²) in [5, 5.41) is 3.96. The molecule has 4 heteroatoms. The van der Waals surface area contributed by atoms with Crippen LogP contribution in [0.4, 0.5) is 5.69 Å². The second-order valence-electron chi connectivity index (χ2n) is 4.27. The summed E-state index contributed by atoms with van der Waals surface area (Å²) in [6.07, 6.45) is 0. The van der Waals surface area contributed by atoms with Crippen molar-refractivity contribution in [2.24, 2.45) is 0 Å². The summed E-state index contributed by atoms with van der Waals surface area (Å²) in [5.41, 5.74) is 2.19. The molecule has 0 bridgehead atoms. The lowest BCUT2D eigenvalue weighted by Crippen LogP contribution is -2.85. The summed E-state index contributed by atoms with van der Waals surface area (Å²) >= 11 is 5.44. The molecular weight excluding hydrogens is 254 g/mol. The molecule has 0 unspecified atom stereocenters. The van der Waals surface area contributed by atoms with Gasteiger partial charge >= 0.3 is 0 Å². The van der Waals surface area contributed by atoms with Crippen LogP contribution in [0.25, 0.3) is 0 Å². The van der Waals surface area contributed by atoms with Crippen LogP contribution in [-0.2, 0) is 0 Å². The second kappa shape index (κ2) is 5.20. The standard InChI is InChI=1S/C15H13N3S/c19-15-17-14(12-7-3-1-4-8-12)16-11-18(15)13-9-5-2-6-10-13/h1-10H,11H2,(H,16,17,19)/p+1. The topological polar surface area (TPSA) is 29.2 Å². The first-order valence-electron chi connectivity index (χ1n) is 6.14. The third-order valence-electron chi connectivity index (χ3n) is 3.02. The van der Waals surface area contributed by atoms with Gasteiger partial charge in [0.05, 0.1) is 5.56 Å². The molecule has 0 atom stereocenters. The molecule has 3 nitrogen and oxygen atoms in total. The van der Waals surface area contributed by atoms with Gasteiger partial charge in [0.1, 0.15) is 0 Å². The molecule has 0 saturated carbocycles. The number of para-hydroxylation sites is 1. The van der Waals surface area contributed by atoms with E-state index in [4.69, 9.17) is 12.2 Å². The number of rotatable bonds is 2. The van der Waals surface area contributed by atoms with Gasteiger partial charge in [0.25, 0.3) is 10.9 Å². The molecule has 3 rings (SSSR count). The van der Waals surface area contributed by atoms with Gasteiger partial charge in [-0.05, 0) is 36.5 Å². The fourth-order valence-electron chi connectivity index (χ4n) is 2.04. The fourth-order valence-corrected chi connectivity index (χ4v) is 2.32. The lowest BCUT2D eigenvalue weighted by Gasteiger charge is -2.24. The van der Waals surface area contributed by atoms with E-state index < -0.39 is 0 Å². The first kappa shape index (κ1) is 11.9. The number of amidine groups is 1. The predicted octanol–water partition coefficient (Wildman–Crippen LogP) is 0.866. The maximum absolute atomic E-state index is 5.44. The van der Waals surface area contributed by atoms with E-state index in [1.165, 1.54) is 0 Å². The Morgan fingerprint density at radius 1 is 0.947 bits per heavy atom. The van der Waals surface area contributed by atoms with Gasteiger partial charge in [-0.1, -0.05) is 36.4 Å². The van der Waals surface area contributed by atoms with Gasteiger partial charge in [0, 0.05) is 5.69 Å². The van der Waals surface area contributed by atoms with Crippen molar-refractivity contribution in [2.75, 3.05) is 11.6 Å². The number of hydrogen-bond acceptors (Lipinski definition) is 1. The Labute approximate surface area is 117 Å². The first-order valence-corrected chi connectivity index (χ1v) is 6.55. The summed E-state index contributed by atoms with van der Waals surface area (Å²) in [6, 6.07) is 20.2. The summed E-state index contributed by atoms with van der Waals surface area (Å²) in [5.74, 6) is 0.956. The van der Waals surface area contributed by atoms with Crippen molar-refractivity contribution < 1.29 is 4.99 Å². The van der Waals surface area contributed by atoms with Crippen molar-refractivity contribution in [2.45, 2.75) is 0 Å². The Bertz CT molecular complexity index is 608. The average Bonchev–Trinajstić information content (AvgIpc) is 2.49. The van der Waals surface area contributed by atoms with Crippen LogP contribution in [0.3, 0.4) is 0 Å². The Kier molecular flexibility index (Phi) is 3.25. The molecule has 0 spiro atoms. The number of benzene rings is 2. The van der Waals surface area contributed by atoms with Crippen LogP contribution < -0.4 is 15.2 Å². The summed E-state index contributed by atoms with van der Waals surface area (Å²) in [7, 11) is 0. The first-order chi connectivity index (χ1) is 9.34. The molecule has 2 aromatic carbocycles. The highest BCUT2D eigenvalue weighted by atomic mass is 32.1. The van der Waals surface area contributed by atoms with Crippen LogP contribution in [-0.4, -0.2) is 17.6 Å². The Hall–Kier alpha value is -2.20. The molecular formula is C15H14N3S+. The number of anilines is 1. The van der Waals surface area contributed by atoms with E-state index in [-0.39, 0.29) is 0 Å². The van der Waals surface area contributed by atoms with E-state index in [9.17, 15) is 0 Å². The summed E-state index contributed by atoms with van der Waals surface area (Å²) < 4.78 is 0. The molecule has 0 aliphatic carbocycles. The summed E-state index contributed by atoms with van der Waals surface area (Å²) in [4.78, 5) is 5.39. The number of hydrogen-bond donors (Lipinski definition) is 2. The van der Waals surface area contributed by atoms with Crippen LogP contribution >= 0.6 is 12.2 Å². The van der Waals surface area contributed by atoms with Crippen molar-refractivity contribution in [3.05, 3.63) is 66.2 Å². The van der Waals surface area contributed by atoms with E-state index in [2.05, 4.69) is 22.4 Å². The zero-order valence-corrected chi connectivity index (χ0v) is 11.2. The van der Waals surface area contributed by atoms with E-state index in [1.54, 1.807) is 0 Å². The highest BCUT2D eigenvalue weighted by molar-refractivity contribution is 7.80. The molecule has 0 fully saturated rings. The van der Waals surface area contributed by atoms with Crippen molar-refractivity contribution in [3.63, 3.8) is 0 Å². The van der Waals surface area contributed by atoms with Crippen LogP contribution in [0, 0.1) is 0 Å². The van der Waals surface area contributed by atoms with Gasteiger partial charge in [-0.2, -0.15) is 0 Å². The van der Waals surface area contributed by atoms with Gasteiger partial charge in [0.15, 0.2) is 6.67 Å².